The summed E-state index contributed by atoms with van der Waals surface area (Å²) in [5, 5.41) is 9.30. The first kappa shape index (κ1) is 16.2. The number of nitrogens with zero attached hydrogens (tertiary/aromatic N) is 3. The zero-order valence-corrected chi connectivity index (χ0v) is 14.3. The summed E-state index contributed by atoms with van der Waals surface area (Å²) in [6.07, 6.45) is 1.88. The van der Waals surface area contributed by atoms with E-state index in [4.69, 9.17) is 4.74 Å². The van der Waals surface area contributed by atoms with Crippen LogP contribution in [0.25, 0.3) is 0 Å². The number of carbonyl (C=O) groups excluding carboxylic acids is 1. The summed E-state index contributed by atoms with van der Waals surface area (Å²) in [4.78, 5) is 15.7. The highest BCUT2D eigenvalue weighted by atomic mass is 32.1. The minimum absolute atomic E-state index is 0.0149. The van der Waals surface area contributed by atoms with Crippen LogP contribution in [0.2, 0.25) is 0 Å². The van der Waals surface area contributed by atoms with Crippen molar-refractivity contribution in [2.75, 3.05) is 25.0 Å². The van der Waals surface area contributed by atoms with Crippen LogP contribution in [0.1, 0.15) is 18.7 Å². The molecule has 0 bridgehead atoms. The second kappa shape index (κ2) is 7.25. The minimum atomic E-state index is -0.0149. The van der Waals surface area contributed by atoms with E-state index in [1.165, 1.54) is 4.88 Å². The molecule has 1 N–H and O–H groups in total. The van der Waals surface area contributed by atoms with E-state index in [1.807, 2.05) is 29.1 Å². The Morgan fingerprint density at radius 1 is 1.48 bits per heavy atom. The molecule has 7 heteroatoms. The van der Waals surface area contributed by atoms with Crippen LogP contribution < -0.4 is 5.32 Å². The van der Waals surface area contributed by atoms with Crippen molar-refractivity contribution in [1.29, 1.82) is 0 Å². The summed E-state index contributed by atoms with van der Waals surface area (Å²) in [7, 11) is 0. The highest BCUT2D eigenvalue weighted by Gasteiger charge is 2.25. The number of anilines is 1. The molecule has 2 atom stereocenters. The Morgan fingerprint density at radius 3 is 3.13 bits per heavy atom. The molecule has 1 aliphatic rings. The van der Waals surface area contributed by atoms with Gasteiger partial charge in [-0.15, -0.1) is 11.3 Å². The summed E-state index contributed by atoms with van der Waals surface area (Å²) >= 11 is 1.68. The molecule has 0 spiro atoms. The van der Waals surface area contributed by atoms with Gasteiger partial charge in [0.05, 0.1) is 32.0 Å². The smallest absolute Gasteiger partial charge is 0.239 e. The van der Waals surface area contributed by atoms with Crippen molar-refractivity contribution in [3.63, 3.8) is 0 Å². The Kier molecular flexibility index (Phi) is 5.09. The SMILES string of the molecule is CC1CN(CC(=O)Nc2ccnn2Cc2cccs2)C(C)CO1. The first-order valence-corrected chi connectivity index (χ1v) is 8.69. The molecule has 0 aromatic carbocycles. The number of aromatic nitrogens is 2. The monoisotopic (exact) mass is 334 g/mol. The molecule has 1 fully saturated rings. The molecule has 23 heavy (non-hydrogen) atoms. The van der Waals surface area contributed by atoms with E-state index in [2.05, 4.69) is 28.3 Å². The predicted molar refractivity (Wildman–Crippen MR) is 90.7 cm³/mol. The predicted octanol–water partition coefficient (Wildman–Crippen LogP) is 2.04. The maximum Gasteiger partial charge on any atom is 0.239 e. The van der Waals surface area contributed by atoms with E-state index in [0.29, 0.717) is 19.7 Å². The van der Waals surface area contributed by atoms with Crippen LogP contribution in [0.3, 0.4) is 0 Å². The molecule has 2 unspecified atom stereocenters. The third-order valence-corrected chi connectivity index (χ3v) is 4.81. The first-order valence-electron chi connectivity index (χ1n) is 7.81. The summed E-state index contributed by atoms with van der Waals surface area (Å²) < 4.78 is 7.41. The molecule has 2 aromatic heterocycles. The molecule has 1 saturated heterocycles. The Labute approximate surface area is 140 Å². The molecular weight excluding hydrogens is 312 g/mol. The Balaban J connectivity index is 1.59. The van der Waals surface area contributed by atoms with Crippen molar-refractivity contribution in [2.45, 2.75) is 32.5 Å². The van der Waals surface area contributed by atoms with Crippen LogP contribution in [0.5, 0.6) is 0 Å². The van der Waals surface area contributed by atoms with Crippen molar-refractivity contribution >= 4 is 23.1 Å². The maximum atomic E-state index is 12.4. The second-order valence-corrected chi connectivity index (χ2v) is 6.96. The molecule has 2 aromatic rings. The lowest BCUT2D eigenvalue weighted by Gasteiger charge is -2.36. The number of hydrogen-bond donors (Lipinski definition) is 1. The average Bonchev–Trinajstić information content (AvgIpc) is 3.16. The van der Waals surface area contributed by atoms with Crippen LogP contribution in [0.15, 0.2) is 29.8 Å². The third-order valence-electron chi connectivity index (χ3n) is 3.95. The molecule has 3 heterocycles. The lowest BCUT2D eigenvalue weighted by atomic mass is 10.2. The first-order chi connectivity index (χ1) is 11.1. The Hall–Kier alpha value is -1.70. The number of rotatable bonds is 5. The van der Waals surface area contributed by atoms with Gasteiger partial charge in [0, 0.05) is 23.5 Å². The normalized spacial score (nSPS) is 22.2. The van der Waals surface area contributed by atoms with Gasteiger partial charge in [-0.05, 0) is 25.3 Å². The topological polar surface area (TPSA) is 59.4 Å². The van der Waals surface area contributed by atoms with Gasteiger partial charge < -0.3 is 10.1 Å². The van der Waals surface area contributed by atoms with E-state index in [-0.39, 0.29) is 18.1 Å². The number of hydrogen-bond acceptors (Lipinski definition) is 5. The third kappa shape index (κ3) is 4.19. The molecule has 1 amide bonds. The van der Waals surface area contributed by atoms with Crippen LogP contribution in [-0.2, 0) is 16.1 Å². The van der Waals surface area contributed by atoms with Gasteiger partial charge in [0.15, 0.2) is 0 Å². The highest BCUT2D eigenvalue weighted by Crippen LogP contribution is 2.15. The number of ether oxygens (including phenoxy) is 1. The average molecular weight is 334 g/mol. The summed E-state index contributed by atoms with van der Waals surface area (Å²) in [5.74, 6) is 0.719. The second-order valence-electron chi connectivity index (χ2n) is 5.92. The number of amides is 1. The van der Waals surface area contributed by atoms with Gasteiger partial charge in [-0.2, -0.15) is 5.10 Å². The number of carbonyl (C=O) groups is 1. The van der Waals surface area contributed by atoms with Crippen molar-refractivity contribution in [2.24, 2.45) is 0 Å². The number of thiophene rings is 1. The van der Waals surface area contributed by atoms with Crippen molar-refractivity contribution in [3.8, 4) is 0 Å². The quantitative estimate of drug-likeness (QED) is 0.909. The molecule has 3 rings (SSSR count). The molecule has 0 radical (unpaired) electrons. The largest absolute Gasteiger partial charge is 0.376 e. The van der Waals surface area contributed by atoms with Gasteiger partial charge in [-0.1, -0.05) is 6.07 Å². The fraction of sp³-hybridized carbons (Fsp3) is 0.500. The van der Waals surface area contributed by atoms with Gasteiger partial charge in [0.25, 0.3) is 0 Å². The van der Waals surface area contributed by atoms with Crippen LogP contribution in [-0.4, -0.2) is 52.4 Å². The van der Waals surface area contributed by atoms with Gasteiger partial charge in [-0.3, -0.25) is 9.69 Å². The lowest BCUT2D eigenvalue weighted by molar-refractivity contribution is -0.121. The fourth-order valence-electron chi connectivity index (χ4n) is 2.67. The van der Waals surface area contributed by atoms with Gasteiger partial charge in [0.1, 0.15) is 5.82 Å². The van der Waals surface area contributed by atoms with E-state index in [1.54, 1.807) is 17.5 Å². The highest BCUT2D eigenvalue weighted by molar-refractivity contribution is 7.09. The molecule has 1 aliphatic heterocycles. The van der Waals surface area contributed by atoms with Crippen LogP contribution in [0.4, 0.5) is 5.82 Å². The number of morpholine rings is 1. The van der Waals surface area contributed by atoms with Gasteiger partial charge in [0.2, 0.25) is 5.91 Å². The summed E-state index contributed by atoms with van der Waals surface area (Å²) in [6.45, 7) is 6.62. The molecule has 124 valence electrons. The molecule has 0 aliphatic carbocycles. The van der Waals surface area contributed by atoms with Crippen molar-refractivity contribution in [3.05, 3.63) is 34.7 Å². The van der Waals surface area contributed by atoms with Crippen molar-refractivity contribution in [1.82, 2.24) is 14.7 Å². The Bertz CT molecular complexity index is 640. The summed E-state index contributed by atoms with van der Waals surface area (Å²) in [6, 6.07) is 6.17. The number of nitrogens with one attached hydrogen (secondary N) is 1. The zero-order chi connectivity index (χ0) is 16.2. The van der Waals surface area contributed by atoms with E-state index < -0.39 is 0 Å². The molecule has 6 nitrogen and oxygen atoms in total. The van der Waals surface area contributed by atoms with E-state index in [0.717, 1.165) is 12.4 Å². The van der Waals surface area contributed by atoms with Crippen LogP contribution >= 0.6 is 11.3 Å². The van der Waals surface area contributed by atoms with E-state index >= 15 is 0 Å². The fourth-order valence-corrected chi connectivity index (χ4v) is 3.36. The minimum Gasteiger partial charge on any atom is -0.376 e. The summed E-state index contributed by atoms with van der Waals surface area (Å²) in [5.41, 5.74) is 0. The lowest BCUT2D eigenvalue weighted by Crippen LogP contribution is -2.50. The zero-order valence-electron chi connectivity index (χ0n) is 13.4. The van der Waals surface area contributed by atoms with Crippen LogP contribution in [0, 0.1) is 0 Å². The van der Waals surface area contributed by atoms with Crippen molar-refractivity contribution < 1.29 is 9.53 Å². The standard InChI is InChI=1S/C16H22N4O2S/c1-12-11-22-13(2)8-19(12)10-16(21)18-15-5-6-17-20(15)9-14-4-3-7-23-14/h3-7,12-13H,8-11H2,1-2H3,(H,18,21). The van der Waals surface area contributed by atoms with Gasteiger partial charge in [-0.25, -0.2) is 4.68 Å². The molecular formula is C16H22N4O2S. The van der Waals surface area contributed by atoms with Gasteiger partial charge >= 0.3 is 0 Å². The molecule has 0 saturated carbocycles. The van der Waals surface area contributed by atoms with E-state index in [9.17, 15) is 4.79 Å². The Morgan fingerprint density at radius 2 is 2.35 bits per heavy atom. The maximum absolute atomic E-state index is 12.4.